The number of benzene rings is 2. The molecule has 1 aromatic heterocycles. The zero-order valence-electron chi connectivity index (χ0n) is 11.5. The van der Waals surface area contributed by atoms with Crippen molar-refractivity contribution in [2.75, 3.05) is 0 Å². The van der Waals surface area contributed by atoms with E-state index in [-0.39, 0.29) is 10.6 Å². The Bertz CT molecular complexity index is 876. The maximum Gasteiger partial charge on any atom is 0.241 e. The van der Waals surface area contributed by atoms with Crippen LogP contribution in [0.2, 0.25) is 0 Å². The van der Waals surface area contributed by atoms with Crippen molar-refractivity contribution in [1.82, 2.24) is 9.78 Å². The molecule has 112 valence electrons. The van der Waals surface area contributed by atoms with E-state index in [1.807, 2.05) is 6.07 Å². The lowest BCUT2D eigenvalue weighted by Crippen LogP contribution is -2.14. The Labute approximate surface area is 127 Å². The molecule has 0 amide bonds. The Balaban J connectivity index is 2.20. The van der Waals surface area contributed by atoms with E-state index in [0.29, 0.717) is 11.4 Å². The Kier molecular flexibility index (Phi) is 3.66. The lowest BCUT2D eigenvalue weighted by atomic mass is 10.3. The largest absolute Gasteiger partial charge is 0.454 e. The fourth-order valence-corrected chi connectivity index (χ4v) is 2.70. The van der Waals surface area contributed by atoms with Gasteiger partial charge >= 0.3 is 0 Å². The summed E-state index contributed by atoms with van der Waals surface area (Å²) in [6, 6.07) is 15.3. The average molecular weight is 315 g/mol. The Morgan fingerprint density at radius 3 is 2.41 bits per heavy atom. The molecule has 2 aromatic carbocycles. The van der Waals surface area contributed by atoms with Gasteiger partial charge in [-0.2, -0.15) is 5.10 Å². The number of sulfonamides is 1. The fraction of sp³-hybridized carbons (Fsp3) is 0. The predicted molar refractivity (Wildman–Crippen MR) is 81.5 cm³/mol. The van der Waals surface area contributed by atoms with Crippen LogP contribution in [0.15, 0.2) is 71.9 Å². The zero-order valence-corrected chi connectivity index (χ0v) is 12.3. The molecule has 7 heteroatoms. The minimum absolute atomic E-state index is 0.0932. The van der Waals surface area contributed by atoms with Gasteiger partial charge in [-0.15, -0.1) is 0 Å². The van der Waals surface area contributed by atoms with E-state index in [9.17, 15) is 8.42 Å². The molecule has 0 saturated carbocycles. The van der Waals surface area contributed by atoms with Gasteiger partial charge in [0.1, 0.15) is 16.3 Å². The number of hydrogen-bond acceptors (Lipinski definition) is 4. The molecule has 2 N–H and O–H groups in total. The van der Waals surface area contributed by atoms with Gasteiger partial charge in [-0.1, -0.05) is 24.3 Å². The maximum atomic E-state index is 11.8. The molecule has 0 aliphatic carbocycles. The standard InChI is InChI=1S/C15H13N3O3S/c16-22(19,20)14-9-4-8-13(18-11-5-10-17-18)15(14)21-12-6-2-1-3-7-12/h1-11H,(H2,16,19,20). The summed E-state index contributed by atoms with van der Waals surface area (Å²) in [6.45, 7) is 0. The van der Waals surface area contributed by atoms with Crippen molar-refractivity contribution >= 4 is 10.0 Å². The van der Waals surface area contributed by atoms with E-state index in [1.54, 1.807) is 54.9 Å². The van der Waals surface area contributed by atoms with Crippen LogP contribution in [-0.4, -0.2) is 18.2 Å². The van der Waals surface area contributed by atoms with E-state index in [2.05, 4.69) is 5.10 Å². The van der Waals surface area contributed by atoms with E-state index >= 15 is 0 Å². The summed E-state index contributed by atoms with van der Waals surface area (Å²) in [5.41, 5.74) is 0.486. The van der Waals surface area contributed by atoms with Crippen molar-refractivity contribution in [3.8, 4) is 17.2 Å². The van der Waals surface area contributed by atoms with Gasteiger partial charge < -0.3 is 4.74 Å². The van der Waals surface area contributed by atoms with Crippen molar-refractivity contribution in [2.24, 2.45) is 5.14 Å². The van der Waals surface area contributed by atoms with E-state index in [4.69, 9.17) is 9.88 Å². The average Bonchev–Trinajstić information content (AvgIpc) is 3.01. The summed E-state index contributed by atoms with van der Waals surface area (Å²) in [5, 5.41) is 9.41. The number of primary sulfonamides is 1. The predicted octanol–water partition coefficient (Wildman–Crippen LogP) is 2.31. The van der Waals surface area contributed by atoms with Gasteiger partial charge in [-0.25, -0.2) is 18.2 Å². The number of hydrogen-bond donors (Lipinski definition) is 1. The van der Waals surface area contributed by atoms with Crippen molar-refractivity contribution in [2.45, 2.75) is 4.90 Å². The summed E-state index contributed by atoms with van der Waals surface area (Å²) in [5.74, 6) is 0.645. The second-order valence-corrected chi connectivity index (χ2v) is 6.04. The quantitative estimate of drug-likeness (QED) is 0.800. The molecule has 0 radical (unpaired) electrons. The summed E-state index contributed by atoms with van der Waals surface area (Å²) < 4.78 is 31.0. The SMILES string of the molecule is NS(=O)(=O)c1cccc(-n2cccn2)c1Oc1ccccc1. The van der Waals surface area contributed by atoms with Gasteiger partial charge in [-0.3, -0.25) is 0 Å². The minimum atomic E-state index is -3.93. The number of para-hydroxylation sites is 2. The van der Waals surface area contributed by atoms with Gasteiger partial charge in [0.15, 0.2) is 5.75 Å². The third-order valence-electron chi connectivity index (χ3n) is 2.98. The summed E-state index contributed by atoms with van der Waals surface area (Å²) in [7, 11) is -3.93. The molecule has 22 heavy (non-hydrogen) atoms. The Morgan fingerprint density at radius 1 is 1.00 bits per heavy atom. The van der Waals surface area contributed by atoms with E-state index < -0.39 is 10.0 Å². The molecular weight excluding hydrogens is 302 g/mol. The molecule has 0 aliphatic heterocycles. The molecule has 0 aliphatic rings. The number of ether oxygens (including phenoxy) is 1. The highest BCUT2D eigenvalue weighted by molar-refractivity contribution is 7.89. The molecule has 0 fully saturated rings. The van der Waals surface area contributed by atoms with Crippen LogP contribution in [0.3, 0.4) is 0 Å². The summed E-state index contributed by atoms with van der Waals surface area (Å²) in [6.07, 6.45) is 3.29. The van der Waals surface area contributed by atoms with Crippen molar-refractivity contribution in [1.29, 1.82) is 0 Å². The lowest BCUT2D eigenvalue weighted by molar-refractivity contribution is 0.463. The van der Waals surface area contributed by atoms with Gasteiger partial charge in [-0.05, 0) is 30.3 Å². The molecule has 0 atom stereocenters. The maximum absolute atomic E-state index is 11.8. The summed E-state index contributed by atoms with van der Waals surface area (Å²) >= 11 is 0. The van der Waals surface area contributed by atoms with E-state index in [1.165, 1.54) is 10.7 Å². The van der Waals surface area contributed by atoms with Crippen molar-refractivity contribution in [3.63, 3.8) is 0 Å². The molecule has 0 bridgehead atoms. The molecule has 3 rings (SSSR count). The molecule has 3 aromatic rings. The topological polar surface area (TPSA) is 87.2 Å². The fourth-order valence-electron chi connectivity index (χ4n) is 2.03. The Morgan fingerprint density at radius 2 is 1.77 bits per heavy atom. The van der Waals surface area contributed by atoms with Gasteiger partial charge in [0.05, 0.1) is 0 Å². The first-order valence-electron chi connectivity index (χ1n) is 6.44. The number of nitrogens with two attached hydrogens (primary N) is 1. The monoisotopic (exact) mass is 315 g/mol. The molecule has 0 saturated heterocycles. The first-order chi connectivity index (χ1) is 10.6. The minimum Gasteiger partial charge on any atom is -0.454 e. The first-order valence-corrected chi connectivity index (χ1v) is 7.99. The Hall–Kier alpha value is -2.64. The normalized spacial score (nSPS) is 11.3. The van der Waals surface area contributed by atoms with Crippen LogP contribution in [0.1, 0.15) is 0 Å². The highest BCUT2D eigenvalue weighted by atomic mass is 32.2. The van der Waals surface area contributed by atoms with E-state index in [0.717, 1.165) is 0 Å². The molecule has 0 unspecified atom stereocenters. The van der Waals surface area contributed by atoms with Gasteiger partial charge in [0.2, 0.25) is 10.0 Å². The van der Waals surface area contributed by atoms with Crippen LogP contribution < -0.4 is 9.88 Å². The summed E-state index contributed by atoms with van der Waals surface area (Å²) in [4.78, 5) is -0.0932. The smallest absolute Gasteiger partial charge is 0.241 e. The van der Waals surface area contributed by atoms with Crippen molar-refractivity contribution in [3.05, 3.63) is 67.0 Å². The number of rotatable bonds is 4. The lowest BCUT2D eigenvalue weighted by Gasteiger charge is -2.14. The van der Waals surface area contributed by atoms with Crippen molar-refractivity contribution < 1.29 is 13.2 Å². The van der Waals surface area contributed by atoms with Crippen LogP contribution in [0, 0.1) is 0 Å². The third-order valence-corrected chi connectivity index (χ3v) is 3.91. The second-order valence-electron chi connectivity index (χ2n) is 4.52. The number of nitrogens with zero attached hydrogens (tertiary/aromatic N) is 2. The van der Waals surface area contributed by atoms with Crippen LogP contribution in [0.5, 0.6) is 11.5 Å². The third kappa shape index (κ3) is 2.85. The second kappa shape index (κ2) is 5.63. The van der Waals surface area contributed by atoms with Crippen LogP contribution in [0.25, 0.3) is 5.69 Å². The first kappa shape index (κ1) is 14.3. The molecular formula is C15H13N3O3S. The molecule has 6 nitrogen and oxygen atoms in total. The van der Waals surface area contributed by atoms with Crippen LogP contribution in [-0.2, 0) is 10.0 Å². The van der Waals surface area contributed by atoms with Gasteiger partial charge in [0, 0.05) is 12.4 Å². The van der Waals surface area contributed by atoms with Gasteiger partial charge in [0.25, 0.3) is 0 Å². The highest BCUT2D eigenvalue weighted by Gasteiger charge is 2.20. The molecule has 1 heterocycles. The van der Waals surface area contributed by atoms with Crippen LogP contribution in [0.4, 0.5) is 0 Å². The molecule has 0 spiro atoms. The van der Waals surface area contributed by atoms with Crippen LogP contribution >= 0.6 is 0 Å². The number of aromatic nitrogens is 2. The highest BCUT2D eigenvalue weighted by Crippen LogP contribution is 2.33. The zero-order chi connectivity index (χ0) is 15.6.